The predicted octanol–water partition coefficient (Wildman–Crippen LogP) is 3.62. The van der Waals surface area contributed by atoms with Gasteiger partial charge in [0.1, 0.15) is 5.75 Å². The molecule has 0 aliphatic heterocycles. The molecule has 2 rings (SSSR count). The number of hydrogen-bond acceptors (Lipinski definition) is 7. The topological polar surface area (TPSA) is 125 Å². The lowest BCUT2D eigenvalue weighted by molar-refractivity contribution is -0.396. The summed E-state index contributed by atoms with van der Waals surface area (Å²) < 4.78 is 5.10. The Bertz CT molecular complexity index is 855. The first-order valence-electron chi connectivity index (χ1n) is 6.88. The van der Waals surface area contributed by atoms with Crippen LogP contribution in [0.25, 0.3) is 0 Å². The van der Waals surface area contributed by atoms with Gasteiger partial charge >= 0.3 is 0 Å². The summed E-state index contributed by atoms with van der Waals surface area (Å²) in [6.07, 6.45) is 0. The Morgan fingerprint density at radius 3 is 2.32 bits per heavy atom. The van der Waals surface area contributed by atoms with Crippen LogP contribution in [0.4, 0.5) is 17.1 Å². The van der Waals surface area contributed by atoms with Crippen LogP contribution in [0.15, 0.2) is 46.2 Å². The Morgan fingerprint density at radius 1 is 1.08 bits per heavy atom. The molecule has 0 unspecified atom stereocenters. The predicted molar refractivity (Wildman–Crippen MR) is 91.2 cm³/mol. The number of amides is 1. The van der Waals surface area contributed by atoms with Crippen molar-refractivity contribution in [2.75, 3.05) is 12.4 Å². The first kappa shape index (κ1) is 18.2. The van der Waals surface area contributed by atoms with Crippen LogP contribution in [0, 0.1) is 20.2 Å². The number of rotatable bonds is 6. The summed E-state index contributed by atoms with van der Waals surface area (Å²) in [7, 11) is 1.47. The summed E-state index contributed by atoms with van der Waals surface area (Å²) >= 11 is 1.02. The van der Waals surface area contributed by atoms with Crippen molar-refractivity contribution in [3.05, 3.63) is 56.6 Å². The van der Waals surface area contributed by atoms with Gasteiger partial charge in [-0.1, -0.05) is 11.8 Å². The van der Waals surface area contributed by atoms with E-state index < -0.39 is 9.85 Å². The lowest BCUT2D eigenvalue weighted by Crippen LogP contribution is -2.07. The summed E-state index contributed by atoms with van der Waals surface area (Å²) in [4.78, 5) is 32.8. The number of carbonyl (C=O) groups excluding carboxylic acids is 1. The van der Waals surface area contributed by atoms with Gasteiger partial charge in [-0.2, -0.15) is 0 Å². The van der Waals surface area contributed by atoms with Gasteiger partial charge in [-0.3, -0.25) is 25.0 Å². The van der Waals surface area contributed by atoms with E-state index in [0.29, 0.717) is 16.3 Å². The molecule has 0 heterocycles. The summed E-state index contributed by atoms with van der Waals surface area (Å²) in [5, 5.41) is 24.7. The highest BCUT2D eigenvalue weighted by Crippen LogP contribution is 2.41. The van der Waals surface area contributed by atoms with E-state index in [0.717, 1.165) is 17.8 Å². The Kier molecular flexibility index (Phi) is 5.55. The Balaban J connectivity index is 2.46. The van der Waals surface area contributed by atoms with Crippen molar-refractivity contribution >= 4 is 34.7 Å². The van der Waals surface area contributed by atoms with Crippen molar-refractivity contribution in [1.29, 1.82) is 0 Å². The molecular weight excluding hydrogens is 350 g/mol. The van der Waals surface area contributed by atoms with Crippen LogP contribution in [0.5, 0.6) is 5.75 Å². The van der Waals surface area contributed by atoms with Crippen LogP contribution in [0.3, 0.4) is 0 Å². The van der Waals surface area contributed by atoms with E-state index in [1.165, 1.54) is 26.2 Å². The monoisotopic (exact) mass is 363 g/mol. The van der Waals surface area contributed by atoms with Crippen LogP contribution in [-0.4, -0.2) is 22.9 Å². The van der Waals surface area contributed by atoms with Gasteiger partial charge in [-0.25, -0.2) is 0 Å². The third-order valence-corrected chi connectivity index (χ3v) is 4.21. The number of nitrogens with one attached hydrogen (secondary N) is 1. The lowest BCUT2D eigenvalue weighted by atomic mass is 10.3. The highest BCUT2D eigenvalue weighted by molar-refractivity contribution is 7.99. The minimum absolute atomic E-state index is 0.215. The van der Waals surface area contributed by atoms with Crippen LogP contribution in [-0.2, 0) is 4.79 Å². The molecule has 0 spiro atoms. The number of methoxy groups -OCH3 is 1. The highest BCUT2D eigenvalue weighted by atomic mass is 32.2. The van der Waals surface area contributed by atoms with E-state index in [1.807, 2.05) is 0 Å². The normalized spacial score (nSPS) is 10.2. The number of carbonyl (C=O) groups is 1. The minimum Gasteiger partial charge on any atom is -0.497 e. The molecule has 130 valence electrons. The fourth-order valence-corrected chi connectivity index (χ4v) is 2.95. The molecule has 0 radical (unpaired) electrons. The van der Waals surface area contributed by atoms with Crippen molar-refractivity contribution in [1.82, 2.24) is 0 Å². The minimum atomic E-state index is -0.697. The smallest absolute Gasteiger partial charge is 0.290 e. The standard InChI is InChI=1S/C15H13N3O6S/c1-9(19)16-12-8-11(24-2)4-6-14(12)25-15-5-3-10(17(20)21)7-13(15)18(22)23/h3-8H,1-2H3,(H,16,19). The van der Waals surface area contributed by atoms with Gasteiger partial charge in [0.25, 0.3) is 11.4 Å². The molecule has 0 saturated heterocycles. The third-order valence-electron chi connectivity index (χ3n) is 3.07. The average molecular weight is 363 g/mol. The van der Waals surface area contributed by atoms with Gasteiger partial charge in [-0.15, -0.1) is 0 Å². The molecule has 0 saturated carbocycles. The number of benzene rings is 2. The third kappa shape index (κ3) is 4.44. The van der Waals surface area contributed by atoms with Crippen molar-refractivity contribution in [3.63, 3.8) is 0 Å². The van der Waals surface area contributed by atoms with Gasteiger partial charge in [0.2, 0.25) is 5.91 Å². The Morgan fingerprint density at radius 2 is 1.76 bits per heavy atom. The molecule has 0 aliphatic rings. The van der Waals surface area contributed by atoms with E-state index >= 15 is 0 Å². The van der Waals surface area contributed by atoms with Crippen LogP contribution < -0.4 is 10.1 Å². The molecule has 0 bridgehead atoms. The van der Waals surface area contributed by atoms with E-state index in [2.05, 4.69) is 5.32 Å². The van der Waals surface area contributed by atoms with Crippen molar-refractivity contribution in [2.24, 2.45) is 0 Å². The zero-order valence-corrected chi connectivity index (χ0v) is 14.0. The molecule has 0 fully saturated rings. The molecular formula is C15H13N3O6S. The fourth-order valence-electron chi connectivity index (χ4n) is 1.98. The maximum Gasteiger partial charge on any atom is 0.290 e. The largest absolute Gasteiger partial charge is 0.497 e. The van der Waals surface area contributed by atoms with Crippen LogP contribution >= 0.6 is 11.8 Å². The van der Waals surface area contributed by atoms with E-state index in [1.54, 1.807) is 18.2 Å². The molecule has 0 aromatic heterocycles. The second kappa shape index (κ2) is 7.62. The molecule has 2 aromatic carbocycles. The van der Waals surface area contributed by atoms with Crippen molar-refractivity contribution in [2.45, 2.75) is 16.7 Å². The number of non-ortho nitro benzene ring substituents is 1. The number of hydrogen-bond donors (Lipinski definition) is 1. The maximum atomic E-state index is 11.4. The second-order valence-corrected chi connectivity index (χ2v) is 5.90. The molecule has 2 aromatic rings. The van der Waals surface area contributed by atoms with Crippen molar-refractivity contribution < 1.29 is 19.4 Å². The summed E-state index contributed by atoms with van der Waals surface area (Å²) in [5.74, 6) is 0.194. The first-order valence-corrected chi connectivity index (χ1v) is 7.69. The molecule has 10 heteroatoms. The summed E-state index contributed by atoms with van der Waals surface area (Å²) in [6.45, 7) is 1.34. The molecule has 0 atom stereocenters. The SMILES string of the molecule is COc1ccc(Sc2ccc([N+](=O)[O-])cc2[N+](=O)[O-])c(NC(C)=O)c1. The van der Waals surface area contributed by atoms with E-state index in [4.69, 9.17) is 4.74 Å². The number of nitro groups is 2. The van der Waals surface area contributed by atoms with Crippen LogP contribution in [0.1, 0.15) is 6.92 Å². The maximum absolute atomic E-state index is 11.4. The van der Waals surface area contributed by atoms with E-state index in [9.17, 15) is 25.0 Å². The second-order valence-electron chi connectivity index (χ2n) is 4.81. The zero-order valence-electron chi connectivity index (χ0n) is 13.2. The lowest BCUT2D eigenvalue weighted by Gasteiger charge is -2.11. The number of nitrogens with zero attached hydrogens (tertiary/aromatic N) is 2. The number of ether oxygens (including phenoxy) is 1. The average Bonchev–Trinajstić information content (AvgIpc) is 2.55. The summed E-state index contributed by atoms with van der Waals surface area (Å²) in [5.41, 5.74) is -0.332. The van der Waals surface area contributed by atoms with Crippen molar-refractivity contribution in [3.8, 4) is 5.75 Å². The molecule has 1 N–H and O–H groups in total. The number of nitro benzene ring substituents is 2. The molecule has 1 amide bonds. The Hall–Kier alpha value is -3.14. The molecule has 25 heavy (non-hydrogen) atoms. The van der Waals surface area contributed by atoms with Gasteiger partial charge in [0.15, 0.2) is 0 Å². The quantitative estimate of drug-likeness (QED) is 0.613. The first-order chi connectivity index (χ1) is 11.8. The van der Waals surface area contributed by atoms with Gasteiger partial charge < -0.3 is 10.1 Å². The van der Waals surface area contributed by atoms with Gasteiger partial charge in [0.05, 0.1) is 33.6 Å². The van der Waals surface area contributed by atoms with E-state index in [-0.39, 0.29) is 22.2 Å². The highest BCUT2D eigenvalue weighted by Gasteiger charge is 2.21. The fraction of sp³-hybridized carbons (Fsp3) is 0.133. The Labute approximate surface area is 146 Å². The summed E-state index contributed by atoms with van der Waals surface area (Å²) in [6, 6.07) is 8.27. The van der Waals surface area contributed by atoms with Gasteiger partial charge in [0, 0.05) is 24.0 Å². The number of anilines is 1. The van der Waals surface area contributed by atoms with Crippen LogP contribution in [0.2, 0.25) is 0 Å². The zero-order chi connectivity index (χ0) is 18.6. The molecule has 9 nitrogen and oxygen atoms in total. The molecule has 0 aliphatic carbocycles. The van der Waals surface area contributed by atoms with Gasteiger partial charge in [-0.05, 0) is 18.2 Å².